The summed E-state index contributed by atoms with van der Waals surface area (Å²) in [5, 5.41) is 17.4. The van der Waals surface area contributed by atoms with E-state index in [0.717, 1.165) is 18.5 Å². The lowest BCUT2D eigenvalue weighted by molar-refractivity contribution is -0.383. The molecule has 0 spiro atoms. The SMILES string of the molecule is O=[N+]([O-])c1c(NCc2ccccc2Cl)ncnc1Nc1cccc(C(F)(F)F)c1. The first-order valence-corrected chi connectivity index (χ1v) is 8.54. The van der Waals surface area contributed by atoms with Crippen LogP contribution in [0.15, 0.2) is 54.9 Å². The zero-order valence-electron chi connectivity index (χ0n) is 14.6. The number of anilines is 3. The third kappa shape index (κ3) is 4.91. The summed E-state index contributed by atoms with van der Waals surface area (Å²) < 4.78 is 38.7. The molecule has 7 nitrogen and oxygen atoms in total. The molecule has 0 atom stereocenters. The third-order valence-corrected chi connectivity index (χ3v) is 4.23. The molecule has 0 amide bonds. The van der Waals surface area contributed by atoms with Crippen LogP contribution in [0.3, 0.4) is 0 Å². The second-order valence-corrected chi connectivity index (χ2v) is 6.23. The molecule has 0 radical (unpaired) electrons. The van der Waals surface area contributed by atoms with Crippen LogP contribution in [0.4, 0.5) is 36.2 Å². The van der Waals surface area contributed by atoms with Gasteiger partial charge in [0.05, 0.1) is 10.5 Å². The molecule has 150 valence electrons. The minimum atomic E-state index is -4.54. The molecular weight excluding hydrogens is 411 g/mol. The van der Waals surface area contributed by atoms with Gasteiger partial charge in [-0.3, -0.25) is 10.1 Å². The summed E-state index contributed by atoms with van der Waals surface area (Å²) >= 11 is 6.07. The van der Waals surface area contributed by atoms with E-state index in [1.807, 2.05) is 0 Å². The summed E-state index contributed by atoms with van der Waals surface area (Å²) in [7, 11) is 0. The number of aromatic nitrogens is 2. The second kappa shape index (κ2) is 8.31. The molecule has 0 aliphatic rings. The Morgan fingerprint density at radius 1 is 1.07 bits per heavy atom. The lowest BCUT2D eigenvalue weighted by Crippen LogP contribution is -2.09. The van der Waals surface area contributed by atoms with E-state index in [4.69, 9.17) is 11.6 Å². The van der Waals surface area contributed by atoms with E-state index in [2.05, 4.69) is 20.6 Å². The molecule has 0 unspecified atom stereocenters. The zero-order chi connectivity index (χ0) is 21.0. The smallest absolute Gasteiger partial charge is 0.360 e. The maximum absolute atomic E-state index is 12.9. The van der Waals surface area contributed by atoms with Gasteiger partial charge in [0, 0.05) is 17.3 Å². The van der Waals surface area contributed by atoms with E-state index in [9.17, 15) is 23.3 Å². The van der Waals surface area contributed by atoms with Crippen molar-refractivity contribution in [1.29, 1.82) is 0 Å². The molecule has 0 fully saturated rings. The number of nitrogens with zero attached hydrogens (tertiary/aromatic N) is 3. The average molecular weight is 424 g/mol. The van der Waals surface area contributed by atoms with Gasteiger partial charge in [-0.05, 0) is 29.8 Å². The molecule has 1 heterocycles. The quantitative estimate of drug-likeness (QED) is 0.406. The van der Waals surface area contributed by atoms with Crippen molar-refractivity contribution in [1.82, 2.24) is 9.97 Å². The Balaban J connectivity index is 1.89. The summed E-state index contributed by atoms with van der Waals surface area (Å²) in [5.41, 5.74) is -0.707. The van der Waals surface area contributed by atoms with Gasteiger partial charge in [0.2, 0.25) is 11.6 Å². The molecule has 0 aliphatic carbocycles. The fraction of sp³-hybridized carbons (Fsp3) is 0.111. The number of hydrogen-bond acceptors (Lipinski definition) is 6. The van der Waals surface area contributed by atoms with Crippen LogP contribution in [0.2, 0.25) is 5.02 Å². The van der Waals surface area contributed by atoms with Gasteiger partial charge < -0.3 is 10.6 Å². The summed E-state index contributed by atoms with van der Waals surface area (Å²) in [6.45, 7) is 0.153. The fourth-order valence-corrected chi connectivity index (χ4v) is 2.71. The van der Waals surface area contributed by atoms with Gasteiger partial charge in [-0.25, -0.2) is 9.97 Å². The van der Waals surface area contributed by atoms with Gasteiger partial charge in [0.15, 0.2) is 0 Å². The number of nitro groups is 1. The van der Waals surface area contributed by atoms with Crippen LogP contribution in [-0.2, 0) is 12.7 Å². The molecule has 3 aromatic rings. The first kappa shape index (κ1) is 20.3. The van der Waals surface area contributed by atoms with Crippen LogP contribution in [0.5, 0.6) is 0 Å². The van der Waals surface area contributed by atoms with Gasteiger partial charge in [-0.2, -0.15) is 13.2 Å². The van der Waals surface area contributed by atoms with E-state index >= 15 is 0 Å². The number of hydrogen-bond donors (Lipinski definition) is 2. The molecule has 1 aromatic heterocycles. The molecule has 29 heavy (non-hydrogen) atoms. The highest BCUT2D eigenvalue weighted by Crippen LogP contribution is 2.34. The minimum absolute atomic E-state index is 0.00122. The summed E-state index contributed by atoms with van der Waals surface area (Å²) in [5.74, 6) is -0.342. The Morgan fingerprint density at radius 3 is 2.48 bits per heavy atom. The molecule has 0 saturated carbocycles. The highest BCUT2D eigenvalue weighted by atomic mass is 35.5. The molecular formula is C18H13ClF3N5O2. The molecule has 3 rings (SSSR count). The number of nitrogens with one attached hydrogen (secondary N) is 2. The lowest BCUT2D eigenvalue weighted by atomic mass is 10.2. The van der Waals surface area contributed by atoms with Crippen LogP contribution in [0, 0.1) is 10.1 Å². The average Bonchev–Trinajstić information content (AvgIpc) is 2.67. The van der Waals surface area contributed by atoms with Crippen LogP contribution in [-0.4, -0.2) is 14.9 Å². The molecule has 0 saturated heterocycles. The first-order valence-electron chi connectivity index (χ1n) is 8.16. The van der Waals surface area contributed by atoms with Gasteiger partial charge in [0.25, 0.3) is 0 Å². The first-order chi connectivity index (χ1) is 13.8. The lowest BCUT2D eigenvalue weighted by Gasteiger charge is -2.12. The highest BCUT2D eigenvalue weighted by Gasteiger charge is 2.31. The van der Waals surface area contributed by atoms with Crippen molar-refractivity contribution in [2.24, 2.45) is 0 Å². The Labute approximate surface area is 167 Å². The van der Waals surface area contributed by atoms with Crippen molar-refractivity contribution in [3.05, 3.63) is 81.1 Å². The van der Waals surface area contributed by atoms with Crippen molar-refractivity contribution in [2.45, 2.75) is 12.7 Å². The van der Waals surface area contributed by atoms with Crippen molar-refractivity contribution in [3.63, 3.8) is 0 Å². The van der Waals surface area contributed by atoms with Crippen LogP contribution in [0.1, 0.15) is 11.1 Å². The minimum Gasteiger partial charge on any atom is -0.360 e. The number of rotatable bonds is 6. The fourth-order valence-electron chi connectivity index (χ4n) is 2.50. The van der Waals surface area contributed by atoms with E-state index in [1.165, 1.54) is 12.1 Å². The Kier molecular flexibility index (Phi) is 5.83. The maximum atomic E-state index is 12.9. The van der Waals surface area contributed by atoms with E-state index in [-0.39, 0.29) is 23.9 Å². The maximum Gasteiger partial charge on any atom is 0.416 e. The van der Waals surface area contributed by atoms with Crippen molar-refractivity contribution in [3.8, 4) is 0 Å². The van der Waals surface area contributed by atoms with Gasteiger partial charge >= 0.3 is 11.9 Å². The Hall–Kier alpha value is -3.40. The highest BCUT2D eigenvalue weighted by molar-refractivity contribution is 6.31. The van der Waals surface area contributed by atoms with Gasteiger partial charge in [-0.15, -0.1) is 0 Å². The summed E-state index contributed by atoms with van der Waals surface area (Å²) in [6.07, 6.45) is -3.48. The van der Waals surface area contributed by atoms with Crippen molar-refractivity contribution < 1.29 is 18.1 Å². The van der Waals surface area contributed by atoms with E-state index in [1.54, 1.807) is 24.3 Å². The van der Waals surface area contributed by atoms with Gasteiger partial charge in [-0.1, -0.05) is 35.9 Å². The number of benzene rings is 2. The second-order valence-electron chi connectivity index (χ2n) is 5.83. The van der Waals surface area contributed by atoms with E-state index < -0.39 is 22.4 Å². The predicted molar refractivity (Wildman–Crippen MR) is 102 cm³/mol. The van der Waals surface area contributed by atoms with Crippen molar-refractivity contribution >= 4 is 34.6 Å². The normalized spacial score (nSPS) is 11.2. The predicted octanol–water partition coefficient (Wildman–Crippen LogP) is 5.41. The molecule has 0 aliphatic heterocycles. The monoisotopic (exact) mass is 423 g/mol. The zero-order valence-corrected chi connectivity index (χ0v) is 15.3. The molecule has 11 heteroatoms. The Bertz CT molecular complexity index is 1050. The van der Waals surface area contributed by atoms with Crippen LogP contribution >= 0.6 is 11.6 Å². The topological polar surface area (TPSA) is 93.0 Å². The standard InChI is InChI=1S/C18H13ClF3N5O2/c19-14-7-2-1-4-11(14)9-23-16-15(27(28)29)17(25-10-24-16)26-13-6-3-5-12(8-13)18(20,21)22/h1-8,10H,9H2,(H2,23,24,25,26). The number of halogens is 4. The third-order valence-electron chi connectivity index (χ3n) is 3.86. The molecule has 2 aromatic carbocycles. The van der Waals surface area contributed by atoms with Crippen molar-refractivity contribution in [2.75, 3.05) is 10.6 Å². The largest absolute Gasteiger partial charge is 0.416 e. The Morgan fingerprint density at radius 2 is 1.79 bits per heavy atom. The summed E-state index contributed by atoms with van der Waals surface area (Å²) in [6, 6.07) is 11.2. The van der Waals surface area contributed by atoms with Gasteiger partial charge in [0.1, 0.15) is 6.33 Å². The van der Waals surface area contributed by atoms with Crippen LogP contribution in [0.25, 0.3) is 0 Å². The molecule has 0 bridgehead atoms. The number of alkyl halides is 3. The van der Waals surface area contributed by atoms with Crippen LogP contribution < -0.4 is 10.6 Å². The summed E-state index contributed by atoms with van der Waals surface area (Å²) in [4.78, 5) is 18.5. The van der Waals surface area contributed by atoms with E-state index in [0.29, 0.717) is 10.6 Å². The molecule has 2 N–H and O–H groups in total.